The standard InChI is InChI=1S/C28H32/c1-6-13-22(8-3)15-12-16-23-20-28(19-21(23)5)26(9-4)24(14-7-2)25-17-10-11-18-27(25)28/h6-14,16-18H,2,15,19-20H2,1,3-5H3/b13-6-,16-12-,22-8+,24-14-,26-9+. The highest BCUT2D eigenvalue weighted by atomic mass is 14.5. The van der Waals surface area contributed by atoms with Gasteiger partial charge in [-0.15, -0.1) is 0 Å². The van der Waals surface area contributed by atoms with Gasteiger partial charge in [-0.3, -0.25) is 0 Å². The third-order valence-corrected chi connectivity index (χ3v) is 6.14. The first-order valence-corrected chi connectivity index (χ1v) is 10.3. The number of benzene rings is 1. The highest BCUT2D eigenvalue weighted by molar-refractivity contribution is 5.91. The van der Waals surface area contributed by atoms with Crippen LogP contribution in [0.2, 0.25) is 0 Å². The lowest BCUT2D eigenvalue weighted by atomic mass is 9.74. The molecule has 2 aliphatic carbocycles. The molecule has 1 aromatic rings. The molecule has 2 aliphatic rings. The molecule has 144 valence electrons. The highest BCUT2D eigenvalue weighted by Crippen LogP contribution is 2.59. The minimum absolute atomic E-state index is 0.0800. The molecule has 3 rings (SSSR count). The molecule has 0 saturated heterocycles. The minimum atomic E-state index is 0.0800. The largest absolute Gasteiger partial charge is 0.0990 e. The number of hydrogen-bond donors (Lipinski definition) is 0. The van der Waals surface area contributed by atoms with E-state index in [0.717, 1.165) is 19.3 Å². The van der Waals surface area contributed by atoms with Gasteiger partial charge >= 0.3 is 0 Å². The van der Waals surface area contributed by atoms with Crippen molar-refractivity contribution in [1.82, 2.24) is 0 Å². The molecular formula is C28H32. The number of hydrogen-bond acceptors (Lipinski definition) is 0. The SMILES string of the molecule is C=C/C=C1\C(=C/C)C2(CC(C)=C(/C=C\CC(/C=C\C)=C/C)C2)c2ccccc21. The van der Waals surface area contributed by atoms with Crippen molar-refractivity contribution in [3.63, 3.8) is 0 Å². The third kappa shape index (κ3) is 3.44. The molecule has 1 spiro atoms. The summed E-state index contributed by atoms with van der Waals surface area (Å²) in [4.78, 5) is 0. The van der Waals surface area contributed by atoms with Gasteiger partial charge in [0.15, 0.2) is 0 Å². The van der Waals surface area contributed by atoms with Crippen molar-refractivity contribution in [2.45, 2.75) is 52.4 Å². The quantitative estimate of drug-likeness (QED) is 0.461. The summed E-state index contributed by atoms with van der Waals surface area (Å²) in [6.07, 6.45) is 20.8. The fraction of sp³-hybridized carbons (Fsp3) is 0.286. The predicted octanol–water partition coefficient (Wildman–Crippen LogP) is 8.03. The zero-order valence-electron chi connectivity index (χ0n) is 17.8. The molecule has 0 aliphatic heterocycles. The molecule has 0 heteroatoms. The van der Waals surface area contributed by atoms with E-state index in [9.17, 15) is 0 Å². The second-order valence-electron chi connectivity index (χ2n) is 7.78. The van der Waals surface area contributed by atoms with Crippen molar-refractivity contribution >= 4 is 5.57 Å². The van der Waals surface area contributed by atoms with Crippen LogP contribution in [-0.4, -0.2) is 0 Å². The predicted molar refractivity (Wildman–Crippen MR) is 124 cm³/mol. The van der Waals surface area contributed by atoms with E-state index < -0.39 is 0 Å². The van der Waals surface area contributed by atoms with Crippen molar-refractivity contribution in [3.8, 4) is 0 Å². The van der Waals surface area contributed by atoms with Gasteiger partial charge in [-0.25, -0.2) is 0 Å². The van der Waals surface area contributed by atoms with Crippen molar-refractivity contribution in [3.05, 3.63) is 113 Å². The molecule has 0 aromatic heterocycles. The lowest BCUT2D eigenvalue weighted by Crippen LogP contribution is -2.22. The Hall–Kier alpha value is -2.60. The molecule has 0 fully saturated rings. The van der Waals surface area contributed by atoms with Crippen LogP contribution in [0.1, 0.15) is 58.1 Å². The Kier molecular flexibility index (Phi) is 6.19. The van der Waals surface area contributed by atoms with Crippen molar-refractivity contribution in [2.24, 2.45) is 0 Å². The number of allylic oxidation sites excluding steroid dienone is 13. The Labute approximate surface area is 171 Å². The van der Waals surface area contributed by atoms with Gasteiger partial charge in [-0.05, 0) is 80.4 Å². The maximum absolute atomic E-state index is 3.95. The van der Waals surface area contributed by atoms with Crippen LogP contribution >= 0.6 is 0 Å². The van der Waals surface area contributed by atoms with Crippen LogP contribution in [-0.2, 0) is 5.41 Å². The summed E-state index contributed by atoms with van der Waals surface area (Å²) in [5.74, 6) is 0. The van der Waals surface area contributed by atoms with E-state index >= 15 is 0 Å². The van der Waals surface area contributed by atoms with Crippen molar-refractivity contribution < 1.29 is 0 Å². The Morgan fingerprint density at radius 3 is 2.61 bits per heavy atom. The Balaban J connectivity index is 1.95. The lowest BCUT2D eigenvalue weighted by molar-refractivity contribution is 0.559. The molecule has 0 nitrogen and oxygen atoms in total. The second kappa shape index (κ2) is 8.61. The summed E-state index contributed by atoms with van der Waals surface area (Å²) >= 11 is 0. The van der Waals surface area contributed by atoms with Crippen LogP contribution < -0.4 is 0 Å². The normalized spacial score (nSPS) is 25.2. The summed E-state index contributed by atoms with van der Waals surface area (Å²) in [5, 5.41) is 0. The lowest BCUT2D eigenvalue weighted by Gasteiger charge is -2.28. The van der Waals surface area contributed by atoms with Gasteiger partial charge in [0.1, 0.15) is 0 Å². The molecular weight excluding hydrogens is 336 g/mol. The van der Waals surface area contributed by atoms with Gasteiger partial charge in [0.2, 0.25) is 0 Å². The van der Waals surface area contributed by atoms with Crippen LogP contribution in [0.25, 0.3) is 5.57 Å². The molecule has 1 aromatic carbocycles. The van der Waals surface area contributed by atoms with Crippen LogP contribution in [0.5, 0.6) is 0 Å². The zero-order chi connectivity index (χ0) is 20.1. The first-order valence-electron chi connectivity index (χ1n) is 10.3. The molecule has 1 unspecified atom stereocenters. The van der Waals surface area contributed by atoms with Crippen molar-refractivity contribution in [2.75, 3.05) is 0 Å². The smallest absolute Gasteiger partial charge is 0.0289 e. The fourth-order valence-electron chi connectivity index (χ4n) is 4.93. The maximum atomic E-state index is 3.95. The van der Waals surface area contributed by atoms with E-state index in [1.54, 1.807) is 0 Å². The molecule has 0 radical (unpaired) electrons. The summed E-state index contributed by atoms with van der Waals surface area (Å²) in [5.41, 5.74) is 10.1. The Morgan fingerprint density at radius 2 is 1.93 bits per heavy atom. The fourth-order valence-corrected chi connectivity index (χ4v) is 4.93. The average Bonchev–Trinajstić information content (AvgIpc) is 3.16. The zero-order valence-corrected chi connectivity index (χ0v) is 17.8. The molecule has 0 amide bonds. The maximum Gasteiger partial charge on any atom is 0.0289 e. The molecule has 1 atom stereocenters. The van der Waals surface area contributed by atoms with E-state index in [1.165, 1.54) is 39.0 Å². The van der Waals surface area contributed by atoms with E-state index in [4.69, 9.17) is 0 Å². The third-order valence-electron chi connectivity index (χ3n) is 6.14. The molecule has 28 heavy (non-hydrogen) atoms. The summed E-state index contributed by atoms with van der Waals surface area (Å²) in [6, 6.07) is 8.93. The van der Waals surface area contributed by atoms with Gasteiger partial charge < -0.3 is 0 Å². The van der Waals surface area contributed by atoms with E-state index in [0.29, 0.717) is 0 Å². The van der Waals surface area contributed by atoms with Gasteiger partial charge in [0.05, 0.1) is 0 Å². The van der Waals surface area contributed by atoms with Crippen LogP contribution in [0.15, 0.2) is 102 Å². The molecule has 0 saturated carbocycles. The molecule has 0 N–H and O–H groups in total. The summed E-state index contributed by atoms with van der Waals surface area (Å²) in [6.45, 7) is 12.6. The monoisotopic (exact) mass is 368 g/mol. The summed E-state index contributed by atoms with van der Waals surface area (Å²) < 4.78 is 0. The molecule has 0 heterocycles. The summed E-state index contributed by atoms with van der Waals surface area (Å²) in [7, 11) is 0. The highest BCUT2D eigenvalue weighted by Gasteiger charge is 2.47. The van der Waals surface area contributed by atoms with E-state index in [1.807, 2.05) is 6.08 Å². The first kappa shape index (κ1) is 20.1. The van der Waals surface area contributed by atoms with Gasteiger partial charge in [0.25, 0.3) is 0 Å². The average molecular weight is 369 g/mol. The Bertz CT molecular complexity index is 940. The van der Waals surface area contributed by atoms with Gasteiger partial charge in [-0.2, -0.15) is 0 Å². The number of rotatable bonds is 5. The van der Waals surface area contributed by atoms with E-state index in [-0.39, 0.29) is 5.41 Å². The van der Waals surface area contributed by atoms with Crippen LogP contribution in [0.3, 0.4) is 0 Å². The Morgan fingerprint density at radius 1 is 1.14 bits per heavy atom. The minimum Gasteiger partial charge on any atom is -0.0990 e. The van der Waals surface area contributed by atoms with Crippen LogP contribution in [0, 0.1) is 0 Å². The first-order chi connectivity index (χ1) is 13.6. The van der Waals surface area contributed by atoms with Crippen molar-refractivity contribution in [1.29, 1.82) is 0 Å². The van der Waals surface area contributed by atoms with Gasteiger partial charge in [0, 0.05) is 5.41 Å². The number of fused-ring (bicyclic) bond motifs is 2. The topological polar surface area (TPSA) is 0 Å². The van der Waals surface area contributed by atoms with Gasteiger partial charge in [-0.1, -0.05) is 85.0 Å². The molecule has 0 bridgehead atoms. The van der Waals surface area contributed by atoms with E-state index in [2.05, 4.69) is 101 Å². The van der Waals surface area contributed by atoms with Crippen LogP contribution in [0.4, 0.5) is 0 Å². The second-order valence-corrected chi connectivity index (χ2v) is 7.78.